The molecule has 0 unspecified atom stereocenters. The van der Waals surface area contributed by atoms with Crippen LogP contribution < -0.4 is 15.4 Å². The van der Waals surface area contributed by atoms with Crippen LogP contribution in [0.1, 0.15) is 13.8 Å². The molecule has 0 saturated carbocycles. The molecule has 0 amide bonds. The van der Waals surface area contributed by atoms with Crippen molar-refractivity contribution in [3.05, 3.63) is 57.9 Å². The molecule has 2 N–H and O–H groups in total. The Labute approximate surface area is 184 Å². The zero-order chi connectivity index (χ0) is 21.9. The molecule has 0 radical (unpaired) electrons. The molecule has 3 rings (SSSR count). The summed E-state index contributed by atoms with van der Waals surface area (Å²) in [4.78, 5) is 8.69. The predicted molar refractivity (Wildman–Crippen MR) is 115 cm³/mol. The molecule has 2 aromatic carbocycles. The number of benzene rings is 2. The SMILES string of the molecule is CC(C)Nc1nc(Nc2ccc(I)cc2F)cc(-c2cccc(OC(F)(F)F)c2)n1. The van der Waals surface area contributed by atoms with Crippen LogP contribution in [-0.4, -0.2) is 22.4 Å². The van der Waals surface area contributed by atoms with Gasteiger partial charge in [-0.05, 0) is 66.8 Å². The average molecular weight is 532 g/mol. The van der Waals surface area contributed by atoms with E-state index in [-0.39, 0.29) is 29.2 Å². The molecule has 0 aliphatic carbocycles. The molecule has 158 valence electrons. The maximum atomic E-state index is 14.2. The van der Waals surface area contributed by atoms with Crippen LogP contribution in [0, 0.1) is 9.39 Å². The molecule has 0 spiro atoms. The molecule has 1 aromatic heterocycles. The first-order chi connectivity index (χ1) is 14.1. The Hall–Kier alpha value is -2.63. The molecule has 0 atom stereocenters. The van der Waals surface area contributed by atoms with Crippen molar-refractivity contribution in [2.45, 2.75) is 26.3 Å². The van der Waals surface area contributed by atoms with Crippen molar-refractivity contribution < 1.29 is 22.3 Å². The summed E-state index contributed by atoms with van der Waals surface area (Å²) in [6.45, 7) is 3.78. The van der Waals surface area contributed by atoms with Gasteiger partial charge in [-0.25, -0.2) is 9.37 Å². The second-order valence-corrected chi connectivity index (χ2v) is 7.83. The smallest absolute Gasteiger partial charge is 0.406 e. The lowest BCUT2D eigenvalue weighted by atomic mass is 10.1. The van der Waals surface area contributed by atoms with Gasteiger partial charge in [-0.2, -0.15) is 4.98 Å². The molecular weight excluding hydrogens is 515 g/mol. The van der Waals surface area contributed by atoms with Crippen LogP contribution >= 0.6 is 22.6 Å². The maximum absolute atomic E-state index is 14.2. The van der Waals surface area contributed by atoms with Gasteiger partial charge in [0.15, 0.2) is 0 Å². The minimum absolute atomic E-state index is 0.00281. The van der Waals surface area contributed by atoms with Gasteiger partial charge in [0, 0.05) is 21.2 Å². The van der Waals surface area contributed by atoms with Gasteiger partial charge in [-0.3, -0.25) is 0 Å². The fraction of sp³-hybridized carbons (Fsp3) is 0.200. The number of alkyl halides is 3. The average Bonchev–Trinajstić information content (AvgIpc) is 2.62. The normalized spacial score (nSPS) is 11.5. The first-order valence-corrected chi connectivity index (χ1v) is 9.91. The van der Waals surface area contributed by atoms with Crippen LogP contribution in [-0.2, 0) is 0 Å². The molecule has 30 heavy (non-hydrogen) atoms. The summed E-state index contributed by atoms with van der Waals surface area (Å²) >= 11 is 2.00. The molecule has 10 heteroatoms. The number of halogens is 5. The standard InChI is InChI=1S/C20H17F4IN4O/c1-11(2)26-19-28-17(12-4-3-5-14(8-12)30-20(22,23)24)10-18(29-19)27-16-7-6-13(25)9-15(16)21/h3-11H,1-2H3,(H2,26,27,28,29). The van der Waals surface area contributed by atoms with Crippen LogP contribution in [0.5, 0.6) is 5.75 Å². The van der Waals surface area contributed by atoms with Gasteiger partial charge in [0.1, 0.15) is 17.4 Å². The summed E-state index contributed by atoms with van der Waals surface area (Å²) in [5.74, 6) is -0.292. The Balaban J connectivity index is 2.00. The first-order valence-electron chi connectivity index (χ1n) is 8.83. The predicted octanol–water partition coefficient (Wildman–Crippen LogP) is 6.35. The lowest BCUT2D eigenvalue weighted by Crippen LogP contribution is -2.17. The molecule has 0 fully saturated rings. The number of nitrogens with zero attached hydrogens (tertiary/aromatic N) is 2. The number of hydrogen-bond donors (Lipinski definition) is 2. The van der Waals surface area contributed by atoms with Crippen molar-refractivity contribution >= 4 is 40.0 Å². The molecule has 5 nitrogen and oxygen atoms in total. The topological polar surface area (TPSA) is 59.1 Å². The van der Waals surface area contributed by atoms with E-state index >= 15 is 0 Å². The summed E-state index contributed by atoms with van der Waals surface area (Å²) in [5.41, 5.74) is 0.941. The van der Waals surface area contributed by atoms with E-state index in [1.807, 2.05) is 36.4 Å². The third kappa shape index (κ3) is 6.18. The van der Waals surface area contributed by atoms with Crippen molar-refractivity contribution in [2.75, 3.05) is 10.6 Å². The van der Waals surface area contributed by atoms with Crippen LogP contribution in [0.3, 0.4) is 0 Å². The zero-order valence-electron chi connectivity index (χ0n) is 15.9. The van der Waals surface area contributed by atoms with Crippen molar-refractivity contribution in [2.24, 2.45) is 0 Å². The van der Waals surface area contributed by atoms with Gasteiger partial charge in [-0.1, -0.05) is 12.1 Å². The maximum Gasteiger partial charge on any atom is 0.573 e. The van der Waals surface area contributed by atoms with Crippen LogP contribution in [0.25, 0.3) is 11.3 Å². The van der Waals surface area contributed by atoms with Gasteiger partial charge in [0.2, 0.25) is 5.95 Å². The second-order valence-electron chi connectivity index (χ2n) is 6.59. The number of ether oxygens (including phenoxy) is 1. The number of aromatic nitrogens is 2. The van der Waals surface area contributed by atoms with E-state index in [0.717, 1.165) is 3.57 Å². The highest BCUT2D eigenvalue weighted by Crippen LogP contribution is 2.30. The number of hydrogen-bond acceptors (Lipinski definition) is 5. The Morgan fingerprint density at radius 1 is 1.03 bits per heavy atom. The van der Waals surface area contributed by atoms with Crippen molar-refractivity contribution in [3.63, 3.8) is 0 Å². The summed E-state index contributed by atoms with van der Waals surface area (Å²) < 4.78 is 56.6. The van der Waals surface area contributed by atoms with E-state index in [4.69, 9.17) is 0 Å². The molecule has 0 saturated heterocycles. The number of rotatable bonds is 6. The monoisotopic (exact) mass is 532 g/mol. The Kier molecular flexibility index (Phi) is 6.64. The highest BCUT2D eigenvalue weighted by molar-refractivity contribution is 14.1. The van der Waals surface area contributed by atoms with Gasteiger partial charge in [-0.15, -0.1) is 13.2 Å². The zero-order valence-corrected chi connectivity index (χ0v) is 18.0. The first kappa shape index (κ1) is 22.1. The lowest BCUT2D eigenvalue weighted by molar-refractivity contribution is -0.274. The van der Waals surface area contributed by atoms with Gasteiger partial charge >= 0.3 is 6.36 Å². The second kappa shape index (κ2) is 9.02. The van der Waals surface area contributed by atoms with Crippen LogP contribution in [0.2, 0.25) is 0 Å². The molecular formula is C20H17F4IN4O. The van der Waals surface area contributed by atoms with Gasteiger partial charge in [0.25, 0.3) is 0 Å². The van der Waals surface area contributed by atoms with Crippen molar-refractivity contribution in [1.82, 2.24) is 9.97 Å². The Bertz CT molecular complexity index is 1040. The molecule has 0 aliphatic heterocycles. The van der Waals surface area contributed by atoms with E-state index in [9.17, 15) is 17.6 Å². The molecule has 0 bridgehead atoms. The summed E-state index contributed by atoms with van der Waals surface area (Å²) in [6.07, 6.45) is -4.80. The summed E-state index contributed by atoms with van der Waals surface area (Å²) in [7, 11) is 0. The molecule has 3 aromatic rings. The minimum Gasteiger partial charge on any atom is -0.406 e. The van der Waals surface area contributed by atoms with E-state index in [1.54, 1.807) is 18.2 Å². The third-order valence-electron chi connectivity index (χ3n) is 3.70. The van der Waals surface area contributed by atoms with Gasteiger partial charge in [0.05, 0.1) is 11.4 Å². The highest BCUT2D eigenvalue weighted by Gasteiger charge is 2.31. The minimum atomic E-state index is -4.80. The lowest BCUT2D eigenvalue weighted by Gasteiger charge is -2.14. The van der Waals surface area contributed by atoms with Crippen LogP contribution in [0.15, 0.2) is 48.5 Å². The fourth-order valence-electron chi connectivity index (χ4n) is 2.56. The van der Waals surface area contributed by atoms with Crippen LogP contribution in [0.4, 0.5) is 35.0 Å². The Morgan fingerprint density at radius 2 is 1.80 bits per heavy atom. The highest BCUT2D eigenvalue weighted by atomic mass is 127. The fourth-order valence-corrected chi connectivity index (χ4v) is 3.02. The van der Waals surface area contributed by atoms with E-state index in [2.05, 4.69) is 25.3 Å². The van der Waals surface area contributed by atoms with E-state index < -0.39 is 12.2 Å². The number of nitrogens with one attached hydrogen (secondary N) is 2. The third-order valence-corrected chi connectivity index (χ3v) is 4.37. The number of anilines is 3. The van der Waals surface area contributed by atoms with Gasteiger partial charge < -0.3 is 15.4 Å². The molecule has 0 aliphatic rings. The largest absolute Gasteiger partial charge is 0.573 e. The van der Waals surface area contributed by atoms with E-state index in [1.165, 1.54) is 30.3 Å². The van der Waals surface area contributed by atoms with Crippen molar-refractivity contribution in [3.8, 4) is 17.0 Å². The molecule has 1 heterocycles. The summed E-state index contributed by atoms with van der Waals surface area (Å²) in [5, 5.41) is 5.94. The van der Waals surface area contributed by atoms with E-state index in [0.29, 0.717) is 11.3 Å². The quantitative estimate of drug-likeness (QED) is 0.286. The Morgan fingerprint density at radius 3 is 2.47 bits per heavy atom. The van der Waals surface area contributed by atoms with Crippen molar-refractivity contribution in [1.29, 1.82) is 0 Å². The summed E-state index contributed by atoms with van der Waals surface area (Å²) in [6, 6.07) is 11.7.